The van der Waals surface area contributed by atoms with Gasteiger partial charge in [-0.3, -0.25) is 4.57 Å². The Kier molecular flexibility index (Phi) is 4.70. The third kappa shape index (κ3) is 3.54. The predicted octanol–water partition coefficient (Wildman–Crippen LogP) is 3.99. The van der Waals surface area contributed by atoms with Crippen molar-refractivity contribution in [2.24, 2.45) is 0 Å². The molecule has 0 radical (unpaired) electrons. The number of benzene rings is 1. The third-order valence-corrected chi connectivity index (χ3v) is 5.40. The highest BCUT2D eigenvalue weighted by Gasteiger charge is 2.22. The number of aromatic nitrogens is 3. The van der Waals surface area contributed by atoms with Gasteiger partial charge >= 0.3 is 0 Å². The molecule has 1 aliphatic rings. The normalized spacial score (nSPS) is 14.2. The lowest BCUT2D eigenvalue weighted by molar-refractivity contribution is 0.299. The Morgan fingerprint density at radius 2 is 1.84 bits per heavy atom. The Labute approximate surface area is 151 Å². The Hall–Kier alpha value is -2.34. The van der Waals surface area contributed by atoms with E-state index >= 15 is 0 Å². The van der Waals surface area contributed by atoms with Crippen molar-refractivity contribution in [1.82, 2.24) is 14.8 Å². The van der Waals surface area contributed by atoms with Crippen molar-refractivity contribution in [3.63, 3.8) is 0 Å². The van der Waals surface area contributed by atoms with Crippen LogP contribution in [0.3, 0.4) is 0 Å². The minimum absolute atomic E-state index is 0.597. The molecule has 0 bridgehead atoms. The van der Waals surface area contributed by atoms with Gasteiger partial charge in [-0.1, -0.05) is 18.2 Å². The predicted molar refractivity (Wildman–Crippen MR) is 101 cm³/mol. The van der Waals surface area contributed by atoms with Crippen molar-refractivity contribution >= 4 is 17.3 Å². The summed E-state index contributed by atoms with van der Waals surface area (Å²) in [5.74, 6) is 2.80. The molecule has 130 valence electrons. The summed E-state index contributed by atoms with van der Waals surface area (Å²) in [5, 5.41) is 9.00. The van der Waals surface area contributed by atoms with Crippen molar-refractivity contribution in [1.29, 1.82) is 0 Å². The highest BCUT2D eigenvalue weighted by atomic mass is 32.1. The molecule has 1 saturated heterocycles. The molecule has 0 amide bonds. The van der Waals surface area contributed by atoms with Crippen LogP contribution in [0, 0.1) is 6.92 Å². The van der Waals surface area contributed by atoms with Crippen molar-refractivity contribution in [3.05, 3.63) is 47.3 Å². The molecule has 0 atom stereocenters. The molecule has 0 N–H and O–H groups in total. The summed E-state index contributed by atoms with van der Waals surface area (Å²) in [7, 11) is 0. The van der Waals surface area contributed by atoms with Crippen LogP contribution in [-0.2, 0) is 6.54 Å². The average molecular weight is 354 g/mol. The smallest absolute Gasteiger partial charge is 0.227 e. The number of aryl methyl sites for hydroxylation is 1. The minimum atomic E-state index is 0.597. The molecule has 2 aromatic heterocycles. The first-order valence-corrected chi connectivity index (χ1v) is 9.56. The van der Waals surface area contributed by atoms with Crippen LogP contribution < -0.4 is 9.64 Å². The van der Waals surface area contributed by atoms with E-state index in [0.29, 0.717) is 6.61 Å². The molecular weight excluding hydrogens is 332 g/mol. The zero-order valence-electron chi connectivity index (χ0n) is 14.4. The zero-order chi connectivity index (χ0) is 17.1. The van der Waals surface area contributed by atoms with Crippen LogP contribution in [0.5, 0.6) is 5.75 Å². The van der Waals surface area contributed by atoms with Crippen LogP contribution in [0.25, 0.3) is 10.7 Å². The molecule has 1 aromatic carbocycles. The lowest BCUT2D eigenvalue weighted by Gasteiger charge is -2.18. The van der Waals surface area contributed by atoms with Crippen molar-refractivity contribution < 1.29 is 4.74 Å². The first-order valence-electron chi connectivity index (χ1n) is 8.74. The largest absolute Gasteiger partial charge is 0.492 e. The second-order valence-corrected chi connectivity index (χ2v) is 7.53. The van der Waals surface area contributed by atoms with Gasteiger partial charge in [0.05, 0.1) is 11.4 Å². The molecule has 4 rings (SSSR count). The summed E-state index contributed by atoms with van der Waals surface area (Å²) in [5.41, 5.74) is 0. The molecule has 3 aromatic rings. The van der Waals surface area contributed by atoms with Crippen molar-refractivity contribution in [2.75, 3.05) is 24.6 Å². The Morgan fingerprint density at radius 1 is 1.04 bits per heavy atom. The maximum Gasteiger partial charge on any atom is 0.227 e. The lowest BCUT2D eigenvalue weighted by atomic mass is 10.3. The lowest BCUT2D eigenvalue weighted by Crippen LogP contribution is -2.23. The quantitative estimate of drug-likeness (QED) is 0.671. The van der Waals surface area contributed by atoms with Crippen LogP contribution in [-0.4, -0.2) is 34.5 Å². The molecule has 1 aliphatic heterocycles. The van der Waals surface area contributed by atoms with E-state index in [1.54, 1.807) is 11.3 Å². The number of para-hydroxylation sites is 1. The van der Waals surface area contributed by atoms with E-state index in [1.165, 1.54) is 17.7 Å². The Morgan fingerprint density at radius 3 is 2.56 bits per heavy atom. The maximum absolute atomic E-state index is 5.90. The van der Waals surface area contributed by atoms with Crippen LogP contribution >= 0.6 is 11.3 Å². The van der Waals surface area contributed by atoms with E-state index in [0.717, 1.165) is 42.0 Å². The van der Waals surface area contributed by atoms with Crippen LogP contribution in [0.15, 0.2) is 42.5 Å². The Bertz CT molecular complexity index is 821. The maximum atomic E-state index is 5.90. The van der Waals surface area contributed by atoms with Crippen LogP contribution in [0.2, 0.25) is 0 Å². The second-order valence-electron chi connectivity index (χ2n) is 6.24. The topological polar surface area (TPSA) is 43.2 Å². The van der Waals surface area contributed by atoms with Crippen molar-refractivity contribution in [2.45, 2.75) is 26.3 Å². The van der Waals surface area contributed by atoms with Gasteiger partial charge in [-0.2, -0.15) is 0 Å². The van der Waals surface area contributed by atoms with Crippen LogP contribution in [0.1, 0.15) is 17.7 Å². The van der Waals surface area contributed by atoms with Gasteiger partial charge < -0.3 is 9.64 Å². The summed E-state index contributed by atoms with van der Waals surface area (Å²) in [6.45, 7) is 5.57. The van der Waals surface area contributed by atoms with Gasteiger partial charge in [0.25, 0.3) is 0 Å². The summed E-state index contributed by atoms with van der Waals surface area (Å²) in [6.07, 6.45) is 2.45. The first-order chi connectivity index (χ1) is 12.3. The molecule has 3 heterocycles. The molecule has 0 aliphatic carbocycles. The minimum Gasteiger partial charge on any atom is -0.492 e. The molecule has 0 saturated carbocycles. The summed E-state index contributed by atoms with van der Waals surface area (Å²) < 4.78 is 8.11. The van der Waals surface area contributed by atoms with E-state index in [2.05, 4.69) is 38.7 Å². The van der Waals surface area contributed by atoms with Gasteiger partial charge in [-0.25, -0.2) is 0 Å². The summed E-state index contributed by atoms with van der Waals surface area (Å²) in [6, 6.07) is 14.2. The first kappa shape index (κ1) is 16.1. The molecular formula is C19H22N4OS. The van der Waals surface area contributed by atoms with Gasteiger partial charge in [0.2, 0.25) is 5.95 Å². The van der Waals surface area contributed by atoms with Crippen molar-refractivity contribution in [3.8, 4) is 16.5 Å². The number of hydrogen-bond acceptors (Lipinski definition) is 5. The highest BCUT2D eigenvalue weighted by Crippen LogP contribution is 2.30. The number of rotatable bonds is 6. The third-order valence-electron chi connectivity index (χ3n) is 4.41. The molecule has 6 heteroatoms. The fraction of sp³-hybridized carbons (Fsp3) is 0.368. The molecule has 0 unspecified atom stereocenters. The number of anilines is 1. The van der Waals surface area contributed by atoms with Crippen LogP contribution in [0.4, 0.5) is 5.95 Å². The average Bonchev–Trinajstić information content (AvgIpc) is 3.36. The summed E-state index contributed by atoms with van der Waals surface area (Å²) in [4.78, 5) is 4.78. The zero-order valence-corrected chi connectivity index (χ0v) is 15.2. The van der Waals surface area contributed by atoms with E-state index < -0.39 is 0 Å². The molecule has 25 heavy (non-hydrogen) atoms. The van der Waals surface area contributed by atoms with Gasteiger partial charge in [-0.15, -0.1) is 21.5 Å². The monoisotopic (exact) mass is 354 g/mol. The number of thiophene rings is 1. The van der Waals surface area contributed by atoms with Gasteiger partial charge in [0, 0.05) is 18.0 Å². The fourth-order valence-electron chi connectivity index (χ4n) is 3.16. The van der Waals surface area contributed by atoms with E-state index in [9.17, 15) is 0 Å². The number of ether oxygens (including phenoxy) is 1. The number of hydrogen-bond donors (Lipinski definition) is 0. The van der Waals surface area contributed by atoms with E-state index in [-0.39, 0.29) is 0 Å². The summed E-state index contributed by atoms with van der Waals surface area (Å²) >= 11 is 1.76. The second kappa shape index (κ2) is 7.27. The Balaban J connectivity index is 1.57. The molecule has 0 spiro atoms. The highest BCUT2D eigenvalue weighted by molar-refractivity contribution is 7.15. The van der Waals surface area contributed by atoms with Gasteiger partial charge in [0.1, 0.15) is 12.4 Å². The standard InChI is InChI=1S/C19H22N4OS/c1-15-9-10-17(25-15)18-20-21-19(22-11-5-6-12-22)23(18)13-14-24-16-7-3-2-4-8-16/h2-4,7-10H,5-6,11-14H2,1H3. The van der Waals surface area contributed by atoms with E-state index in [4.69, 9.17) is 4.74 Å². The van der Waals surface area contributed by atoms with E-state index in [1.807, 2.05) is 30.3 Å². The number of nitrogens with zero attached hydrogens (tertiary/aromatic N) is 4. The molecule has 5 nitrogen and oxygen atoms in total. The fourth-order valence-corrected chi connectivity index (χ4v) is 4.02. The SMILES string of the molecule is Cc1ccc(-c2nnc(N3CCCC3)n2CCOc2ccccc2)s1. The molecule has 1 fully saturated rings. The van der Waals surface area contributed by atoms with Gasteiger partial charge in [0.15, 0.2) is 5.82 Å². The van der Waals surface area contributed by atoms with Gasteiger partial charge in [-0.05, 0) is 44.0 Å².